The second kappa shape index (κ2) is 6.66. The zero-order valence-corrected chi connectivity index (χ0v) is 11.3. The van der Waals surface area contributed by atoms with Crippen LogP contribution >= 0.6 is 22.9 Å². The maximum atomic E-state index is 4.64. The van der Waals surface area contributed by atoms with Crippen molar-refractivity contribution in [3.05, 3.63) is 46.5 Å². The van der Waals surface area contributed by atoms with Crippen LogP contribution in [-0.4, -0.2) is 11.4 Å². The Morgan fingerprint density at radius 2 is 2.06 bits per heavy atom. The van der Waals surface area contributed by atoms with Gasteiger partial charge in [0.1, 0.15) is 0 Å². The summed E-state index contributed by atoms with van der Waals surface area (Å²) in [6.07, 6.45) is 12.2. The molecule has 0 aliphatic heterocycles. The molecule has 0 radical (unpaired) electrons. The lowest BCUT2D eigenvalue weighted by atomic mass is 10.1. The number of alkyl halides is 1. The van der Waals surface area contributed by atoms with Crippen LogP contribution < -0.4 is 0 Å². The molecule has 2 rings (SSSR count). The molecular formula is C13H16ClNS. The molecule has 0 saturated carbocycles. The van der Waals surface area contributed by atoms with Crippen LogP contribution in [0.5, 0.6) is 0 Å². The number of allylic oxidation sites excluding steroid dienone is 6. The molecule has 3 heteroatoms. The van der Waals surface area contributed by atoms with Crippen LogP contribution in [-0.2, 0) is 0 Å². The van der Waals surface area contributed by atoms with E-state index in [0.717, 1.165) is 10.7 Å². The van der Waals surface area contributed by atoms with Gasteiger partial charge in [-0.3, -0.25) is 0 Å². The van der Waals surface area contributed by atoms with E-state index in [0.29, 0.717) is 5.92 Å². The summed E-state index contributed by atoms with van der Waals surface area (Å²) in [6, 6.07) is 0. The van der Waals surface area contributed by atoms with Crippen molar-refractivity contribution < 1.29 is 0 Å². The number of hydrogen-bond acceptors (Lipinski definition) is 2. The molecule has 1 unspecified atom stereocenters. The van der Waals surface area contributed by atoms with Gasteiger partial charge in [-0.2, -0.15) is 0 Å². The molecule has 0 amide bonds. The minimum absolute atomic E-state index is 0.488. The summed E-state index contributed by atoms with van der Waals surface area (Å²) in [4.78, 5) is 4.48. The fourth-order valence-corrected chi connectivity index (χ4v) is 2.08. The van der Waals surface area contributed by atoms with Gasteiger partial charge >= 0.3 is 0 Å². The van der Waals surface area contributed by atoms with Crippen LogP contribution in [0.3, 0.4) is 0 Å². The Balaban J connectivity index is 0.000000606. The summed E-state index contributed by atoms with van der Waals surface area (Å²) in [5, 5.41) is 3.24. The molecule has 1 atom stereocenters. The van der Waals surface area contributed by atoms with Crippen LogP contribution in [0.15, 0.2) is 35.8 Å². The van der Waals surface area contributed by atoms with Crippen LogP contribution in [0.1, 0.15) is 17.6 Å². The highest BCUT2D eigenvalue weighted by Gasteiger charge is 2.05. The Morgan fingerprint density at radius 3 is 2.69 bits per heavy atom. The molecular weight excluding hydrogens is 238 g/mol. The molecule has 0 spiro atoms. The molecule has 0 saturated heterocycles. The van der Waals surface area contributed by atoms with Gasteiger partial charge < -0.3 is 0 Å². The molecule has 1 nitrogen and oxygen atoms in total. The van der Waals surface area contributed by atoms with Crippen LogP contribution in [0, 0.1) is 12.8 Å². The second-order valence-electron chi connectivity index (χ2n) is 3.48. The van der Waals surface area contributed by atoms with Crippen molar-refractivity contribution in [3.8, 4) is 0 Å². The van der Waals surface area contributed by atoms with Gasteiger partial charge in [0.25, 0.3) is 0 Å². The topological polar surface area (TPSA) is 12.9 Å². The largest absolute Gasteiger partial charge is 0.242 e. The second-order valence-corrected chi connectivity index (χ2v) is 4.54. The van der Waals surface area contributed by atoms with Gasteiger partial charge in [-0.1, -0.05) is 37.3 Å². The Labute approximate surface area is 106 Å². The predicted molar refractivity (Wildman–Crippen MR) is 74.0 cm³/mol. The number of rotatable bonds is 1. The summed E-state index contributed by atoms with van der Waals surface area (Å²) in [6.45, 7) is 4.22. The normalized spacial score (nSPS) is 18.5. The lowest BCUT2D eigenvalue weighted by molar-refractivity contribution is 0.944. The summed E-state index contributed by atoms with van der Waals surface area (Å²) < 4.78 is 0. The molecule has 1 aliphatic carbocycles. The maximum Gasteiger partial charge on any atom is 0.0901 e. The van der Waals surface area contributed by atoms with Gasteiger partial charge in [0, 0.05) is 11.8 Å². The predicted octanol–water partition coefficient (Wildman–Crippen LogP) is 4.45. The van der Waals surface area contributed by atoms with Crippen LogP contribution in [0.4, 0.5) is 0 Å². The molecule has 0 N–H and O–H groups in total. The summed E-state index contributed by atoms with van der Waals surface area (Å²) >= 11 is 6.34. The lowest BCUT2D eigenvalue weighted by Gasteiger charge is -1.99. The fraction of sp³-hybridized carbons (Fsp3) is 0.308. The fourth-order valence-electron chi connectivity index (χ4n) is 1.46. The minimum Gasteiger partial charge on any atom is -0.242 e. The number of hydrogen-bond donors (Lipinski definition) is 0. The van der Waals surface area contributed by atoms with Crippen molar-refractivity contribution in [1.29, 1.82) is 0 Å². The first-order valence-electron chi connectivity index (χ1n) is 5.13. The average molecular weight is 254 g/mol. The number of halogens is 1. The van der Waals surface area contributed by atoms with Crippen molar-refractivity contribution in [2.24, 2.45) is 5.92 Å². The van der Waals surface area contributed by atoms with E-state index in [9.17, 15) is 0 Å². The molecule has 0 fully saturated rings. The van der Waals surface area contributed by atoms with Gasteiger partial charge in [-0.05, 0) is 18.4 Å². The van der Waals surface area contributed by atoms with E-state index in [2.05, 4.69) is 59.3 Å². The van der Waals surface area contributed by atoms with E-state index in [1.54, 1.807) is 11.3 Å². The zero-order valence-electron chi connectivity index (χ0n) is 9.77. The highest BCUT2D eigenvalue weighted by Crippen LogP contribution is 2.22. The van der Waals surface area contributed by atoms with Crippen molar-refractivity contribution in [2.45, 2.75) is 13.8 Å². The van der Waals surface area contributed by atoms with E-state index < -0.39 is 0 Å². The lowest BCUT2D eigenvalue weighted by Crippen LogP contribution is -1.86. The smallest absolute Gasteiger partial charge is 0.0901 e. The molecule has 1 aliphatic rings. The van der Waals surface area contributed by atoms with E-state index in [4.69, 9.17) is 0 Å². The SMILES string of the molecule is CCl.Cc1nc(C2=CC(C)C=CC=C2)cs1. The van der Waals surface area contributed by atoms with Gasteiger partial charge in [-0.15, -0.1) is 22.9 Å². The Bertz CT molecular complexity index is 415. The van der Waals surface area contributed by atoms with Crippen molar-refractivity contribution >= 4 is 28.5 Å². The minimum atomic E-state index is 0.488. The third kappa shape index (κ3) is 3.62. The number of thiazole rings is 1. The van der Waals surface area contributed by atoms with Crippen molar-refractivity contribution in [2.75, 3.05) is 6.38 Å². The number of nitrogens with zero attached hydrogens (tertiary/aromatic N) is 1. The molecule has 86 valence electrons. The number of aryl methyl sites for hydroxylation is 1. The van der Waals surface area contributed by atoms with Crippen LogP contribution in [0.25, 0.3) is 5.57 Å². The monoisotopic (exact) mass is 253 g/mol. The third-order valence-corrected chi connectivity index (χ3v) is 2.93. The molecule has 0 bridgehead atoms. The summed E-state index contributed by atoms with van der Waals surface area (Å²) in [5.74, 6) is 0.488. The van der Waals surface area contributed by atoms with E-state index >= 15 is 0 Å². The Hall–Kier alpha value is -0.860. The van der Waals surface area contributed by atoms with Crippen molar-refractivity contribution in [3.63, 3.8) is 0 Å². The molecule has 16 heavy (non-hydrogen) atoms. The Kier molecular flexibility index (Phi) is 5.50. The van der Waals surface area contributed by atoms with E-state index in [-0.39, 0.29) is 0 Å². The number of aromatic nitrogens is 1. The van der Waals surface area contributed by atoms with Gasteiger partial charge in [0.15, 0.2) is 0 Å². The standard InChI is InChI=1S/C12H13NS.CH3Cl/c1-9-5-3-4-6-11(7-9)12-8-14-10(2)13-12;1-2/h3-9H,1-2H3;1H3. The quantitative estimate of drug-likeness (QED) is 0.674. The molecule has 0 aromatic carbocycles. The Morgan fingerprint density at radius 1 is 1.31 bits per heavy atom. The van der Waals surface area contributed by atoms with Crippen LogP contribution in [0.2, 0.25) is 0 Å². The maximum absolute atomic E-state index is 4.64. The molecule has 1 aromatic rings. The third-order valence-electron chi connectivity index (χ3n) is 2.16. The molecule has 1 aromatic heterocycles. The molecule has 1 heterocycles. The highest BCUT2D eigenvalue weighted by molar-refractivity contribution is 7.09. The zero-order chi connectivity index (χ0) is 12.0. The summed E-state index contributed by atoms with van der Waals surface area (Å²) in [5.41, 5.74) is 2.33. The van der Waals surface area contributed by atoms with Gasteiger partial charge in [0.2, 0.25) is 0 Å². The van der Waals surface area contributed by atoms with Gasteiger partial charge in [-0.25, -0.2) is 4.98 Å². The first-order chi connectivity index (χ1) is 7.75. The average Bonchev–Trinajstić information content (AvgIpc) is 2.60. The van der Waals surface area contributed by atoms with Crippen molar-refractivity contribution in [1.82, 2.24) is 4.98 Å². The first kappa shape index (κ1) is 13.2. The van der Waals surface area contributed by atoms with E-state index in [1.165, 1.54) is 12.0 Å². The highest BCUT2D eigenvalue weighted by atomic mass is 35.5. The summed E-state index contributed by atoms with van der Waals surface area (Å²) in [7, 11) is 0. The first-order valence-corrected chi connectivity index (χ1v) is 6.76. The van der Waals surface area contributed by atoms with E-state index in [1.807, 2.05) is 6.92 Å². The van der Waals surface area contributed by atoms with Gasteiger partial charge in [0.05, 0.1) is 10.7 Å².